The Morgan fingerprint density at radius 2 is 1.92 bits per heavy atom. The Hall–Kier alpha value is -0.770. The van der Waals surface area contributed by atoms with Crippen LogP contribution < -0.4 is 0 Å². The lowest BCUT2D eigenvalue weighted by Crippen LogP contribution is -2.18. The Morgan fingerprint density at radius 1 is 1.16 bits per heavy atom. The number of aliphatic hydroxyl groups excluding tert-OH is 1. The number of hydrogen-bond donors (Lipinski definition) is 1. The molecule has 3 nitrogen and oxygen atoms in total. The number of ketones is 2. The molecule has 0 aromatic rings. The molecule has 3 atom stereocenters. The van der Waals surface area contributed by atoms with Gasteiger partial charge >= 0.3 is 0 Å². The minimum Gasteiger partial charge on any atom is -0.502 e. The number of hydrogen-bond acceptors (Lipinski definition) is 3. The van der Waals surface area contributed by atoms with Crippen LogP contribution in [0.5, 0.6) is 0 Å². The number of unbranched alkanes of at least 4 members (excludes halogenated alkanes) is 4. The quantitative estimate of drug-likeness (QED) is 0.302. The van der Waals surface area contributed by atoms with Gasteiger partial charge in [-0.3, -0.25) is 9.59 Å². The monoisotopic (exact) mass is 368 g/mol. The number of carbonyl (C=O) groups is 2. The molecule has 1 rings (SSSR count). The maximum absolute atomic E-state index is 12.2. The summed E-state index contributed by atoms with van der Waals surface area (Å²) >= 11 is 4.68. The molecule has 0 aromatic heterocycles. The summed E-state index contributed by atoms with van der Waals surface area (Å²) in [5.74, 6) is 1.60. The van der Waals surface area contributed by atoms with Crippen molar-refractivity contribution < 1.29 is 14.7 Å². The highest BCUT2D eigenvalue weighted by Gasteiger charge is 2.34. The fraction of sp³-hybridized carbons (Fsp3) is 0.857. The van der Waals surface area contributed by atoms with Crippen LogP contribution in [-0.2, 0) is 9.59 Å². The average Bonchev–Trinajstić information content (AvgIpc) is 2.90. The van der Waals surface area contributed by atoms with Gasteiger partial charge in [0, 0.05) is 24.7 Å². The van der Waals surface area contributed by atoms with Gasteiger partial charge in [-0.25, -0.2) is 0 Å². The summed E-state index contributed by atoms with van der Waals surface area (Å²) in [4.78, 5) is 24.1. The zero-order valence-electron chi connectivity index (χ0n) is 16.1. The highest BCUT2D eigenvalue weighted by atomic mass is 32.1. The third-order valence-electron chi connectivity index (χ3n) is 5.77. The van der Waals surface area contributed by atoms with Gasteiger partial charge in [0.05, 0.1) is 0 Å². The van der Waals surface area contributed by atoms with Gasteiger partial charge in [0.1, 0.15) is 11.6 Å². The lowest BCUT2D eigenvalue weighted by Gasteiger charge is -2.21. The van der Waals surface area contributed by atoms with Gasteiger partial charge in [0.15, 0.2) is 5.05 Å². The Balaban J connectivity index is 2.37. The Morgan fingerprint density at radius 3 is 2.56 bits per heavy atom. The van der Waals surface area contributed by atoms with Gasteiger partial charge in [-0.05, 0) is 63.6 Å². The van der Waals surface area contributed by atoms with Gasteiger partial charge in [0.25, 0.3) is 0 Å². The van der Waals surface area contributed by atoms with E-state index in [-0.39, 0.29) is 16.9 Å². The first-order chi connectivity index (χ1) is 12.0. The predicted molar refractivity (Wildman–Crippen MR) is 107 cm³/mol. The molecule has 0 amide bonds. The van der Waals surface area contributed by atoms with Crippen LogP contribution in [0.2, 0.25) is 0 Å². The van der Waals surface area contributed by atoms with E-state index in [0.717, 1.165) is 64.2 Å². The number of aliphatic hydroxyl groups is 1. The lowest BCUT2D eigenvalue weighted by molar-refractivity contribution is -0.121. The van der Waals surface area contributed by atoms with Gasteiger partial charge in [0.2, 0.25) is 0 Å². The van der Waals surface area contributed by atoms with E-state index in [1.54, 1.807) is 6.92 Å². The van der Waals surface area contributed by atoms with Crippen LogP contribution in [-0.4, -0.2) is 21.7 Å². The first-order valence-electron chi connectivity index (χ1n) is 10.2. The Kier molecular flexibility index (Phi) is 11.2. The number of thiocarbonyl (C=S) groups is 1. The van der Waals surface area contributed by atoms with Crippen LogP contribution in [0.25, 0.3) is 0 Å². The van der Waals surface area contributed by atoms with E-state index < -0.39 is 0 Å². The molecule has 0 saturated heterocycles. The highest BCUT2D eigenvalue weighted by Crippen LogP contribution is 2.37. The second kappa shape index (κ2) is 12.6. The molecule has 1 unspecified atom stereocenters. The SMILES string of the molecule is CCCCCC(CC[C@H]1CCC(=O)[C@@H]1CCCCCC(O)=S)C(C)=O. The second-order valence-electron chi connectivity index (χ2n) is 7.75. The van der Waals surface area contributed by atoms with Gasteiger partial charge in [-0.1, -0.05) is 39.0 Å². The molecule has 1 N–H and O–H groups in total. The number of Topliss-reactive ketones (excluding diaryl/α,β-unsaturated/α-hetero) is 2. The highest BCUT2D eigenvalue weighted by molar-refractivity contribution is 7.80. The molecule has 0 spiro atoms. The Labute approximate surface area is 159 Å². The van der Waals surface area contributed by atoms with Crippen LogP contribution in [0.4, 0.5) is 0 Å². The van der Waals surface area contributed by atoms with Gasteiger partial charge < -0.3 is 5.11 Å². The summed E-state index contributed by atoms with van der Waals surface area (Å²) in [6.45, 7) is 3.91. The minimum atomic E-state index is 0.0909. The molecule has 0 radical (unpaired) electrons. The molecule has 0 heterocycles. The van der Waals surface area contributed by atoms with E-state index in [1.165, 1.54) is 12.8 Å². The first kappa shape index (κ1) is 22.3. The van der Waals surface area contributed by atoms with Crippen molar-refractivity contribution in [1.29, 1.82) is 0 Å². The van der Waals surface area contributed by atoms with Crippen molar-refractivity contribution in [3.05, 3.63) is 0 Å². The topological polar surface area (TPSA) is 54.4 Å². The van der Waals surface area contributed by atoms with Crippen LogP contribution in [0.3, 0.4) is 0 Å². The van der Waals surface area contributed by atoms with E-state index in [2.05, 4.69) is 19.1 Å². The van der Waals surface area contributed by atoms with E-state index in [1.807, 2.05) is 0 Å². The van der Waals surface area contributed by atoms with E-state index >= 15 is 0 Å². The van der Waals surface area contributed by atoms with Crippen molar-refractivity contribution >= 4 is 28.8 Å². The smallest absolute Gasteiger partial charge is 0.156 e. The molecule has 144 valence electrons. The van der Waals surface area contributed by atoms with E-state index in [0.29, 0.717) is 23.9 Å². The van der Waals surface area contributed by atoms with Crippen molar-refractivity contribution in [2.24, 2.45) is 17.8 Å². The first-order valence-corrected chi connectivity index (χ1v) is 10.6. The third kappa shape index (κ3) is 8.94. The molecule has 0 aromatic carbocycles. The molecule has 1 saturated carbocycles. The largest absolute Gasteiger partial charge is 0.502 e. The van der Waals surface area contributed by atoms with Crippen LogP contribution >= 0.6 is 12.2 Å². The van der Waals surface area contributed by atoms with Crippen molar-refractivity contribution in [3.8, 4) is 0 Å². The summed E-state index contributed by atoms with van der Waals surface area (Å²) in [5, 5.41) is 9.13. The van der Waals surface area contributed by atoms with Gasteiger partial charge in [-0.2, -0.15) is 0 Å². The average molecular weight is 369 g/mol. The van der Waals surface area contributed by atoms with Crippen molar-refractivity contribution in [1.82, 2.24) is 0 Å². The normalized spacial score (nSPS) is 21.4. The van der Waals surface area contributed by atoms with Crippen LogP contribution in [0, 0.1) is 17.8 Å². The third-order valence-corrected chi connectivity index (χ3v) is 5.97. The molecule has 4 heteroatoms. The molecule has 1 aliphatic rings. The Bertz CT molecular complexity index is 433. The molecular weight excluding hydrogens is 332 g/mol. The summed E-state index contributed by atoms with van der Waals surface area (Å²) in [6, 6.07) is 0. The molecular formula is C21H36O3S. The zero-order chi connectivity index (χ0) is 18.7. The molecule has 0 bridgehead atoms. The standard InChI is InChI=1S/C21H36O3S/c1-3-4-6-9-17(16(2)22)12-13-18-14-15-20(23)19(18)10-7-5-8-11-21(24)25/h17-19H,3-15H2,1-2H3,(H,24,25)/t17?,18-,19+/m0/s1. The maximum Gasteiger partial charge on any atom is 0.156 e. The summed E-state index contributed by atoms with van der Waals surface area (Å²) in [6.07, 6.45) is 12.7. The predicted octanol–water partition coefficient (Wildman–Crippen LogP) is 5.98. The van der Waals surface area contributed by atoms with E-state index in [9.17, 15) is 9.59 Å². The summed E-state index contributed by atoms with van der Waals surface area (Å²) in [7, 11) is 0. The van der Waals surface area contributed by atoms with Crippen LogP contribution in [0.1, 0.15) is 97.3 Å². The van der Waals surface area contributed by atoms with Crippen molar-refractivity contribution in [3.63, 3.8) is 0 Å². The number of rotatable bonds is 14. The van der Waals surface area contributed by atoms with Crippen molar-refractivity contribution in [2.75, 3.05) is 0 Å². The zero-order valence-corrected chi connectivity index (χ0v) is 16.9. The summed E-state index contributed by atoms with van der Waals surface area (Å²) < 4.78 is 0. The second-order valence-corrected chi connectivity index (χ2v) is 8.22. The van der Waals surface area contributed by atoms with Crippen molar-refractivity contribution in [2.45, 2.75) is 97.3 Å². The fourth-order valence-corrected chi connectivity index (χ4v) is 4.29. The van der Waals surface area contributed by atoms with Gasteiger partial charge in [-0.15, -0.1) is 0 Å². The number of carbonyl (C=O) groups excluding carboxylic acids is 2. The molecule has 0 aliphatic heterocycles. The molecule has 1 aliphatic carbocycles. The van der Waals surface area contributed by atoms with Crippen LogP contribution in [0.15, 0.2) is 0 Å². The fourth-order valence-electron chi connectivity index (χ4n) is 4.14. The lowest BCUT2D eigenvalue weighted by atomic mass is 9.83. The van der Waals surface area contributed by atoms with E-state index in [4.69, 9.17) is 5.11 Å². The molecule has 25 heavy (non-hydrogen) atoms. The summed E-state index contributed by atoms with van der Waals surface area (Å²) in [5.41, 5.74) is 0. The maximum atomic E-state index is 12.2. The molecule has 1 fully saturated rings. The minimum absolute atomic E-state index is 0.0909.